The van der Waals surface area contributed by atoms with Crippen molar-refractivity contribution in [1.29, 1.82) is 0 Å². The summed E-state index contributed by atoms with van der Waals surface area (Å²) in [7, 11) is 0. The van der Waals surface area contributed by atoms with Crippen LogP contribution in [-0.4, -0.2) is 17.7 Å². The van der Waals surface area contributed by atoms with Gasteiger partial charge in [0.25, 0.3) is 0 Å². The van der Waals surface area contributed by atoms with Crippen LogP contribution < -0.4 is 0 Å². The summed E-state index contributed by atoms with van der Waals surface area (Å²) in [6.07, 6.45) is 2.01. The van der Waals surface area contributed by atoms with Gasteiger partial charge in [0.1, 0.15) is 5.60 Å². The Morgan fingerprint density at radius 1 is 1.41 bits per heavy atom. The topological polar surface area (TPSA) is 46.5 Å². The highest BCUT2D eigenvalue weighted by molar-refractivity contribution is 5.71. The number of benzene rings is 1. The van der Waals surface area contributed by atoms with E-state index < -0.39 is 5.60 Å². The molecule has 1 aliphatic rings. The number of hydrogen-bond donors (Lipinski definition) is 1. The van der Waals surface area contributed by atoms with E-state index in [0.29, 0.717) is 6.61 Å². The van der Waals surface area contributed by atoms with Gasteiger partial charge in [0.15, 0.2) is 0 Å². The Morgan fingerprint density at radius 3 is 2.59 bits per heavy atom. The van der Waals surface area contributed by atoms with Crippen molar-refractivity contribution in [2.45, 2.75) is 31.8 Å². The predicted octanol–water partition coefficient (Wildman–Crippen LogP) is 2.24. The van der Waals surface area contributed by atoms with E-state index in [1.165, 1.54) is 0 Å². The SMILES string of the molecule is CCOC(=O)CC(O)(c1ccccc1)C1CC1. The van der Waals surface area contributed by atoms with Gasteiger partial charge in [0.2, 0.25) is 0 Å². The minimum Gasteiger partial charge on any atom is -0.466 e. The summed E-state index contributed by atoms with van der Waals surface area (Å²) in [6, 6.07) is 9.41. The fraction of sp³-hybridized carbons (Fsp3) is 0.500. The second-order valence-corrected chi connectivity index (χ2v) is 4.55. The van der Waals surface area contributed by atoms with E-state index in [1.807, 2.05) is 30.3 Å². The van der Waals surface area contributed by atoms with E-state index >= 15 is 0 Å². The first-order valence-electron chi connectivity index (χ1n) is 6.10. The molecule has 0 heterocycles. The summed E-state index contributed by atoms with van der Waals surface area (Å²) in [5.41, 5.74) is -0.233. The van der Waals surface area contributed by atoms with Gasteiger partial charge in [-0.1, -0.05) is 30.3 Å². The Labute approximate surface area is 101 Å². The Hall–Kier alpha value is -1.35. The van der Waals surface area contributed by atoms with E-state index in [9.17, 15) is 9.90 Å². The molecule has 3 nitrogen and oxygen atoms in total. The molecule has 0 radical (unpaired) electrons. The number of ether oxygens (including phenoxy) is 1. The van der Waals surface area contributed by atoms with Crippen molar-refractivity contribution < 1.29 is 14.6 Å². The Kier molecular flexibility index (Phi) is 3.48. The van der Waals surface area contributed by atoms with Gasteiger partial charge in [-0.15, -0.1) is 0 Å². The maximum Gasteiger partial charge on any atom is 0.309 e. The summed E-state index contributed by atoms with van der Waals surface area (Å²) in [6.45, 7) is 2.13. The van der Waals surface area contributed by atoms with Crippen molar-refractivity contribution in [1.82, 2.24) is 0 Å². The smallest absolute Gasteiger partial charge is 0.309 e. The van der Waals surface area contributed by atoms with E-state index in [4.69, 9.17) is 4.74 Å². The summed E-state index contributed by atoms with van der Waals surface area (Å²) in [4.78, 5) is 11.6. The maximum atomic E-state index is 11.6. The standard InChI is InChI=1S/C14H18O3/c1-2-17-13(15)10-14(16,12-8-9-12)11-6-4-3-5-7-11/h3-7,12,16H,2,8-10H2,1H3. The lowest BCUT2D eigenvalue weighted by Crippen LogP contribution is -2.32. The summed E-state index contributed by atoms with van der Waals surface area (Å²) < 4.78 is 4.94. The fourth-order valence-electron chi connectivity index (χ4n) is 2.20. The second-order valence-electron chi connectivity index (χ2n) is 4.55. The second kappa shape index (κ2) is 4.88. The first-order chi connectivity index (χ1) is 8.16. The van der Waals surface area contributed by atoms with Crippen molar-refractivity contribution in [2.75, 3.05) is 6.61 Å². The van der Waals surface area contributed by atoms with Gasteiger partial charge in [-0.05, 0) is 31.2 Å². The third kappa shape index (κ3) is 2.67. The number of carbonyl (C=O) groups is 1. The molecule has 1 fully saturated rings. The monoisotopic (exact) mass is 234 g/mol. The first-order valence-corrected chi connectivity index (χ1v) is 6.10. The Morgan fingerprint density at radius 2 is 2.06 bits per heavy atom. The molecule has 0 spiro atoms. The van der Waals surface area contributed by atoms with Crippen LogP contribution in [0.4, 0.5) is 0 Å². The van der Waals surface area contributed by atoms with Crippen LogP contribution in [0.5, 0.6) is 0 Å². The van der Waals surface area contributed by atoms with Crippen molar-refractivity contribution in [3.8, 4) is 0 Å². The zero-order valence-corrected chi connectivity index (χ0v) is 10.1. The van der Waals surface area contributed by atoms with E-state index in [2.05, 4.69) is 0 Å². The molecule has 1 unspecified atom stereocenters. The zero-order valence-electron chi connectivity index (χ0n) is 10.1. The number of aliphatic hydroxyl groups is 1. The molecule has 92 valence electrons. The van der Waals surface area contributed by atoms with E-state index in [1.54, 1.807) is 6.92 Å². The maximum absolute atomic E-state index is 11.6. The Bertz CT molecular complexity index is 384. The number of esters is 1. The van der Waals surface area contributed by atoms with Gasteiger partial charge in [-0.2, -0.15) is 0 Å². The highest BCUT2D eigenvalue weighted by Crippen LogP contribution is 2.47. The lowest BCUT2D eigenvalue weighted by atomic mass is 9.86. The minimum atomic E-state index is -1.05. The molecule has 0 bridgehead atoms. The molecule has 1 aliphatic carbocycles. The largest absolute Gasteiger partial charge is 0.466 e. The van der Waals surface area contributed by atoms with Crippen LogP contribution in [0.15, 0.2) is 30.3 Å². The summed E-state index contributed by atoms with van der Waals surface area (Å²) in [5, 5.41) is 10.7. The third-order valence-corrected chi connectivity index (χ3v) is 3.25. The molecule has 0 aliphatic heterocycles. The molecular formula is C14H18O3. The average molecular weight is 234 g/mol. The van der Waals surface area contributed by atoms with Crippen LogP contribution in [0.1, 0.15) is 31.7 Å². The lowest BCUT2D eigenvalue weighted by Gasteiger charge is -2.27. The highest BCUT2D eigenvalue weighted by Gasteiger charge is 2.46. The Balaban J connectivity index is 2.18. The van der Waals surface area contributed by atoms with E-state index in [-0.39, 0.29) is 18.3 Å². The van der Waals surface area contributed by atoms with Crippen molar-refractivity contribution in [2.24, 2.45) is 5.92 Å². The highest BCUT2D eigenvalue weighted by atomic mass is 16.5. The quantitative estimate of drug-likeness (QED) is 0.795. The third-order valence-electron chi connectivity index (χ3n) is 3.25. The molecule has 17 heavy (non-hydrogen) atoms. The van der Waals surface area contributed by atoms with Crippen LogP contribution in [-0.2, 0) is 15.1 Å². The van der Waals surface area contributed by atoms with E-state index in [0.717, 1.165) is 18.4 Å². The predicted molar refractivity (Wildman–Crippen MR) is 64.3 cm³/mol. The fourth-order valence-corrected chi connectivity index (χ4v) is 2.20. The number of carbonyl (C=O) groups excluding carboxylic acids is 1. The molecular weight excluding hydrogens is 216 g/mol. The zero-order chi connectivity index (χ0) is 12.3. The van der Waals surface area contributed by atoms with Gasteiger partial charge < -0.3 is 9.84 Å². The lowest BCUT2D eigenvalue weighted by molar-refractivity contribution is -0.150. The van der Waals surface area contributed by atoms with Crippen LogP contribution in [0.2, 0.25) is 0 Å². The van der Waals surface area contributed by atoms with Crippen LogP contribution in [0.25, 0.3) is 0 Å². The molecule has 1 N–H and O–H groups in total. The molecule has 3 heteroatoms. The normalized spacial score (nSPS) is 18.5. The van der Waals surface area contributed by atoms with Gasteiger partial charge in [0, 0.05) is 0 Å². The van der Waals surface area contributed by atoms with Crippen LogP contribution in [0, 0.1) is 5.92 Å². The molecule has 0 amide bonds. The molecule has 1 aromatic carbocycles. The number of rotatable bonds is 5. The number of hydrogen-bond acceptors (Lipinski definition) is 3. The molecule has 1 atom stereocenters. The summed E-state index contributed by atoms with van der Waals surface area (Å²) >= 11 is 0. The first kappa shape index (κ1) is 12.1. The molecule has 1 aromatic rings. The average Bonchev–Trinajstić information content (AvgIpc) is 3.14. The molecule has 0 aromatic heterocycles. The minimum absolute atomic E-state index is 0.0511. The summed E-state index contributed by atoms with van der Waals surface area (Å²) in [5.74, 6) is -0.139. The molecule has 2 rings (SSSR count). The van der Waals surface area contributed by atoms with Gasteiger partial charge in [-0.25, -0.2) is 0 Å². The van der Waals surface area contributed by atoms with Crippen molar-refractivity contribution >= 4 is 5.97 Å². The van der Waals surface area contributed by atoms with Crippen LogP contribution in [0.3, 0.4) is 0 Å². The van der Waals surface area contributed by atoms with Crippen molar-refractivity contribution in [3.63, 3.8) is 0 Å². The molecule has 0 saturated heterocycles. The van der Waals surface area contributed by atoms with Crippen LogP contribution >= 0.6 is 0 Å². The van der Waals surface area contributed by atoms with Crippen molar-refractivity contribution in [3.05, 3.63) is 35.9 Å². The van der Waals surface area contributed by atoms with Gasteiger partial charge in [0.05, 0.1) is 13.0 Å². The van der Waals surface area contributed by atoms with Gasteiger partial charge in [-0.3, -0.25) is 4.79 Å². The molecule has 1 saturated carbocycles. The van der Waals surface area contributed by atoms with Gasteiger partial charge >= 0.3 is 5.97 Å².